The van der Waals surface area contributed by atoms with Gasteiger partial charge in [-0.2, -0.15) is 0 Å². The molecule has 0 aliphatic carbocycles. The molecule has 0 bridgehead atoms. The van der Waals surface area contributed by atoms with Crippen molar-refractivity contribution in [3.63, 3.8) is 0 Å². The Balaban J connectivity index is 1.38. The van der Waals surface area contributed by atoms with Gasteiger partial charge in [0.05, 0.1) is 17.1 Å². The average Bonchev–Trinajstić information content (AvgIpc) is 2.84. The van der Waals surface area contributed by atoms with E-state index in [1.54, 1.807) is 30.5 Å². The van der Waals surface area contributed by atoms with Crippen LogP contribution in [-0.2, 0) is 12.0 Å². The van der Waals surface area contributed by atoms with E-state index in [1.807, 2.05) is 48.7 Å². The van der Waals surface area contributed by atoms with E-state index in [9.17, 15) is 4.79 Å². The predicted octanol–water partition coefficient (Wildman–Crippen LogP) is 5.28. The Kier molecular flexibility index (Phi) is 6.54. The molecule has 0 aliphatic heterocycles. The highest BCUT2D eigenvalue weighted by atomic mass is 16.1. The monoisotopic (exact) mass is 452 g/mol. The SMILES string of the molecule is CC(C)(C)c1ccc(-c2ccnc(NCc3ccc(C(=O)Nc4ccccc4N)cc3)n2)cn1. The Bertz CT molecular complexity index is 1280. The van der Waals surface area contributed by atoms with Crippen molar-refractivity contribution < 1.29 is 4.79 Å². The number of nitrogens with two attached hydrogens (primary N) is 1. The number of nitrogens with one attached hydrogen (secondary N) is 2. The van der Waals surface area contributed by atoms with Crippen LogP contribution in [0.3, 0.4) is 0 Å². The molecular formula is C27H28N6O. The summed E-state index contributed by atoms with van der Waals surface area (Å²) in [5.41, 5.74) is 11.4. The molecule has 2 aromatic carbocycles. The van der Waals surface area contributed by atoms with Crippen molar-refractivity contribution in [2.75, 3.05) is 16.4 Å². The van der Waals surface area contributed by atoms with Crippen LogP contribution >= 0.6 is 0 Å². The van der Waals surface area contributed by atoms with Crippen LogP contribution in [0.1, 0.15) is 42.4 Å². The first-order valence-electron chi connectivity index (χ1n) is 11.1. The highest BCUT2D eigenvalue weighted by Gasteiger charge is 2.15. The maximum absolute atomic E-state index is 12.5. The van der Waals surface area contributed by atoms with Gasteiger partial charge in [-0.15, -0.1) is 0 Å². The Hall–Kier alpha value is -4.26. The summed E-state index contributed by atoms with van der Waals surface area (Å²) >= 11 is 0. The second kappa shape index (κ2) is 9.70. The number of pyridine rings is 1. The smallest absolute Gasteiger partial charge is 0.255 e. The first kappa shape index (κ1) is 22.9. The molecule has 7 nitrogen and oxygen atoms in total. The third-order valence-corrected chi connectivity index (χ3v) is 5.36. The normalized spacial score (nSPS) is 11.1. The van der Waals surface area contributed by atoms with Crippen LogP contribution < -0.4 is 16.4 Å². The zero-order valence-electron chi connectivity index (χ0n) is 19.5. The molecule has 1 amide bonds. The van der Waals surface area contributed by atoms with Crippen LogP contribution in [-0.4, -0.2) is 20.9 Å². The van der Waals surface area contributed by atoms with E-state index in [4.69, 9.17) is 5.73 Å². The van der Waals surface area contributed by atoms with Gasteiger partial charge in [0.15, 0.2) is 0 Å². The van der Waals surface area contributed by atoms with Crippen LogP contribution in [0.25, 0.3) is 11.3 Å². The van der Waals surface area contributed by atoms with Crippen LogP contribution in [0.5, 0.6) is 0 Å². The minimum atomic E-state index is -0.209. The van der Waals surface area contributed by atoms with Crippen LogP contribution in [0.4, 0.5) is 17.3 Å². The number of carbonyl (C=O) groups excluding carboxylic acids is 1. The average molecular weight is 453 g/mol. The second-order valence-corrected chi connectivity index (χ2v) is 9.04. The second-order valence-electron chi connectivity index (χ2n) is 9.04. The maximum Gasteiger partial charge on any atom is 0.255 e. The van der Waals surface area contributed by atoms with Gasteiger partial charge in [-0.25, -0.2) is 9.97 Å². The van der Waals surface area contributed by atoms with Gasteiger partial charge in [0.2, 0.25) is 5.95 Å². The molecule has 0 fully saturated rings. The molecule has 0 unspecified atom stereocenters. The molecule has 172 valence electrons. The lowest BCUT2D eigenvalue weighted by Crippen LogP contribution is -2.13. The number of rotatable bonds is 6. The molecule has 0 aliphatic rings. The van der Waals surface area contributed by atoms with E-state index in [0.29, 0.717) is 29.4 Å². The van der Waals surface area contributed by atoms with Gasteiger partial charge in [-0.05, 0) is 48.0 Å². The first-order chi connectivity index (χ1) is 16.3. The summed E-state index contributed by atoms with van der Waals surface area (Å²) < 4.78 is 0. The molecule has 2 heterocycles. The predicted molar refractivity (Wildman–Crippen MR) is 137 cm³/mol. The van der Waals surface area contributed by atoms with E-state index in [-0.39, 0.29) is 11.3 Å². The number of nitrogen functional groups attached to an aromatic ring is 1. The summed E-state index contributed by atoms with van der Waals surface area (Å²) in [6.45, 7) is 6.94. The fourth-order valence-corrected chi connectivity index (χ4v) is 3.35. The number of para-hydroxylation sites is 2. The molecule has 0 atom stereocenters. The topological polar surface area (TPSA) is 106 Å². The lowest BCUT2D eigenvalue weighted by Gasteiger charge is -2.17. The molecule has 34 heavy (non-hydrogen) atoms. The number of hydrogen-bond donors (Lipinski definition) is 3. The van der Waals surface area contributed by atoms with Crippen LogP contribution in [0, 0.1) is 0 Å². The Labute approximate surface area is 199 Å². The zero-order chi connectivity index (χ0) is 24.1. The van der Waals surface area contributed by atoms with Gasteiger partial charge < -0.3 is 16.4 Å². The van der Waals surface area contributed by atoms with E-state index < -0.39 is 0 Å². The highest BCUT2D eigenvalue weighted by Crippen LogP contribution is 2.23. The van der Waals surface area contributed by atoms with E-state index >= 15 is 0 Å². The van der Waals surface area contributed by atoms with Crippen LogP contribution in [0.15, 0.2) is 79.1 Å². The molecule has 0 saturated carbocycles. The summed E-state index contributed by atoms with van der Waals surface area (Å²) in [6, 6.07) is 20.5. The number of nitrogens with zero attached hydrogens (tertiary/aromatic N) is 3. The molecule has 7 heteroatoms. The number of aromatic nitrogens is 3. The van der Waals surface area contributed by atoms with Crippen molar-refractivity contribution in [1.29, 1.82) is 0 Å². The summed E-state index contributed by atoms with van der Waals surface area (Å²) in [6.07, 6.45) is 3.57. The van der Waals surface area contributed by atoms with Crippen molar-refractivity contribution >= 4 is 23.2 Å². The third kappa shape index (κ3) is 5.56. The summed E-state index contributed by atoms with van der Waals surface area (Å²) in [5, 5.41) is 6.08. The van der Waals surface area contributed by atoms with Gasteiger partial charge >= 0.3 is 0 Å². The van der Waals surface area contributed by atoms with Crippen molar-refractivity contribution in [3.8, 4) is 11.3 Å². The van der Waals surface area contributed by atoms with Crippen molar-refractivity contribution in [1.82, 2.24) is 15.0 Å². The molecule has 4 N–H and O–H groups in total. The van der Waals surface area contributed by atoms with Crippen molar-refractivity contribution in [2.24, 2.45) is 0 Å². The number of benzene rings is 2. The number of amides is 1. The van der Waals surface area contributed by atoms with Gasteiger partial charge in [-0.3, -0.25) is 9.78 Å². The number of anilines is 3. The largest absolute Gasteiger partial charge is 0.397 e. The molecule has 4 rings (SSSR count). The van der Waals surface area contributed by atoms with Gasteiger partial charge in [0, 0.05) is 41.2 Å². The van der Waals surface area contributed by atoms with E-state index in [0.717, 1.165) is 22.5 Å². The first-order valence-corrected chi connectivity index (χ1v) is 11.1. The third-order valence-electron chi connectivity index (χ3n) is 5.36. The van der Waals surface area contributed by atoms with Gasteiger partial charge in [0.25, 0.3) is 5.91 Å². The Morgan fingerprint density at radius 2 is 1.71 bits per heavy atom. The number of carbonyl (C=O) groups is 1. The maximum atomic E-state index is 12.5. The summed E-state index contributed by atoms with van der Waals surface area (Å²) in [7, 11) is 0. The molecule has 0 spiro atoms. The molecule has 0 saturated heterocycles. The lowest BCUT2D eigenvalue weighted by atomic mass is 9.91. The zero-order valence-corrected chi connectivity index (χ0v) is 19.5. The summed E-state index contributed by atoms with van der Waals surface area (Å²) in [4.78, 5) is 26.0. The van der Waals surface area contributed by atoms with E-state index in [2.05, 4.69) is 46.4 Å². The fourth-order valence-electron chi connectivity index (χ4n) is 3.35. The van der Waals surface area contributed by atoms with Crippen molar-refractivity contribution in [3.05, 3.63) is 95.9 Å². The molecule has 4 aromatic rings. The van der Waals surface area contributed by atoms with Gasteiger partial charge in [0.1, 0.15) is 0 Å². The van der Waals surface area contributed by atoms with Gasteiger partial charge in [-0.1, -0.05) is 45.0 Å². The van der Waals surface area contributed by atoms with Crippen LogP contribution in [0.2, 0.25) is 0 Å². The quantitative estimate of drug-likeness (QED) is 0.344. The fraction of sp³-hybridized carbons (Fsp3) is 0.185. The highest BCUT2D eigenvalue weighted by molar-refractivity contribution is 6.05. The van der Waals surface area contributed by atoms with E-state index in [1.165, 1.54) is 0 Å². The summed E-state index contributed by atoms with van der Waals surface area (Å²) in [5.74, 6) is 0.318. The molecule has 2 aromatic heterocycles. The standard InChI is InChI=1S/C27H28N6O/c1-27(2,3)24-13-12-20(17-30-24)22-14-15-29-26(33-22)31-16-18-8-10-19(11-9-18)25(34)32-23-7-5-4-6-21(23)28/h4-15,17H,16,28H2,1-3H3,(H,32,34)(H,29,31,33). The Morgan fingerprint density at radius 1 is 0.941 bits per heavy atom. The molecular weight excluding hydrogens is 424 g/mol. The minimum absolute atomic E-state index is 0.00203. The van der Waals surface area contributed by atoms with Crippen molar-refractivity contribution in [2.45, 2.75) is 32.7 Å². The minimum Gasteiger partial charge on any atom is -0.397 e. The number of hydrogen-bond acceptors (Lipinski definition) is 6. The molecule has 0 radical (unpaired) electrons. The Morgan fingerprint density at radius 3 is 2.38 bits per heavy atom. The lowest BCUT2D eigenvalue weighted by molar-refractivity contribution is 0.102.